The summed E-state index contributed by atoms with van der Waals surface area (Å²) in [7, 11) is 0. The fourth-order valence-electron chi connectivity index (χ4n) is 2.36. The van der Waals surface area contributed by atoms with E-state index in [0.29, 0.717) is 12.1 Å². The molecule has 0 radical (unpaired) electrons. The van der Waals surface area contributed by atoms with Crippen LogP contribution in [0.25, 0.3) is 10.8 Å². The van der Waals surface area contributed by atoms with Gasteiger partial charge in [-0.15, -0.1) is 0 Å². The van der Waals surface area contributed by atoms with Gasteiger partial charge >= 0.3 is 0 Å². The van der Waals surface area contributed by atoms with Crippen molar-refractivity contribution in [2.75, 3.05) is 11.1 Å². The van der Waals surface area contributed by atoms with Crippen LogP contribution in [-0.2, 0) is 11.2 Å². The van der Waals surface area contributed by atoms with Gasteiger partial charge in [0.05, 0.1) is 6.42 Å². The van der Waals surface area contributed by atoms with Crippen molar-refractivity contribution in [2.45, 2.75) is 6.42 Å². The Morgan fingerprint density at radius 1 is 0.905 bits per heavy atom. The van der Waals surface area contributed by atoms with E-state index in [1.165, 1.54) is 5.39 Å². The first kappa shape index (κ1) is 13.2. The molecule has 3 rings (SSSR count). The first-order valence-corrected chi connectivity index (χ1v) is 6.84. The molecule has 3 N–H and O–H groups in total. The normalized spacial score (nSPS) is 10.5. The van der Waals surface area contributed by atoms with Crippen molar-refractivity contribution in [3.63, 3.8) is 0 Å². The van der Waals surface area contributed by atoms with E-state index in [0.717, 1.165) is 16.6 Å². The number of rotatable bonds is 3. The third-order valence-electron chi connectivity index (χ3n) is 3.35. The summed E-state index contributed by atoms with van der Waals surface area (Å²) in [4.78, 5) is 12.1. The van der Waals surface area contributed by atoms with E-state index in [1.54, 1.807) is 12.1 Å². The Morgan fingerprint density at radius 2 is 1.71 bits per heavy atom. The maximum absolute atomic E-state index is 12.1. The number of benzene rings is 3. The average Bonchev–Trinajstić information content (AvgIpc) is 2.47. The van der Waals surface area contributed by atoms with Gasteiger partial charge in [0.25, 0.3) is 0 Å². The SMILES string of the molecule is Nc1cccc(NC(=O)Cc2ccc3ccccc3c2)c1. The number of carbonyl (C=O) groups excluding carboxylic acids is 1. The lowest BCUT2D eigenvalue weighted by Gasteiger charge is -2.07. The number of amides is 1. The van der Waals surface area contributed by atoms with Gasteiger partial charge in [0.15, 0.2) is 0 Å². The molecule has 3 aromatic carbocycles. The van der Waals surface area contributed by atoms with Crippen LogP contribution in [0.1, 0.15) is 5.56 Å². The first-order chi connectivity index (χ1) is 10.2. The topological polar surface area (TPSA) is 55.1 Å². The molecule has 3 aromatic rings. The summed E-state index contributed by atoms with van der Waals surface area (Å²) in [6.45, 7) is 0. The fourth-order valence-corrected chi connectivity index (χ4v) is 2.36. The van der Waals surface area contributed by atoms with Crippen molar-refractivity contribution in [3.8, 4) is 0 Å². The number of anilines is 2. The number of hydrogen-bond acceptors (Lipinski definition) is 2. The molecule has 104 valence electrons. The lowest BCUT2D eigenvalue weighted by Crippen LogP contribution is -2.14. The molecule has 0 aliphatic carbocycles. The van der Waals surface area contributed by atoms with Gasteiger partial charge < -0.3 is 11.1 Å². The van der Waals surface area contributed by atoms with Crippen LogP contribution in [0.15, 0.2) is 66.7 Å². The second-order valence-corrected chi connectivity index (χ2v) is 5.03. The zero-order chi connectivity index (χ0) is 14.7. The molecule has 0 aromatic heterocycles. The van der Waals surface area contributed by atoms with Gasteiger partial charge in [0.1, 0.15) is 0 Å². The van der Waals surface area contributed by atoms with Crippen LogP contribution >= 0.6 is 0 Å². The van der Waals surface area contributed by atoms with Crippen LogP contribution in [-0.4, -0.2) is 5.91 Å². The molecule has 0 bridgehead atoms. The van der Waals surface area contributed by atoms with E-state index < -0.39 is 0 Å². The van der Waals surface area contributed by atoms with E-state index in [-0.39, 0.29) is 5.91 Å². The van der Waals surface area contributed by atoms with Crippen LogP contribution < -0.4 is 11.1 Å². The van der Waals surface area contributed by atoms with E-state index >= 15 is 0 Å². The Kier molecular flexibility index (Phi) is 3.56. The van der Waals surface area contributed by atoms with E-state index in [4.69, 9.17) is 5.73 Å². The number of nitrogen functional groups attached to an aromatic ring is 1. The average molecular weight is 276 g/mol. The van der Waals surface area contributed by atoms with Crippen LogP contribution in [0.4, 0.5) is 11.4 Å². The van der Waals surface area contributed by atoms with Crippen LogP contribution in [0.3, 0.4) is 0 Å². The standard InChI is InChI=1S/C18H16N2O/c19-16-6-3-7-17(12-16)20-18(21)11-13-8-9-14-4-1-2-5-15(14)10-13/h1-10,12H,11,19H2,(H,20,21). The van der Waals surface area contributed by atoms with Crippen molar-refractivity contribution >= 4 is 28.1 Å². The summed E-state index contributed by atoms with van der Waals surface area (Å²) in [6, 6.07) is 21.4. The molecule has 0 saturated carbocycles. The fraction of sp³-hybridized carbons (Fsp3) is 0.0556. The maximum Gasteiger partial charge on any atom is 0.228 e. The third-order valence-corrected chi connectivity index (χ3v) is 3.35. The molecule has 0 fully saturated rings. The molecule has 0 aliphatic heterocycles. The minimum Gasteiger partial charge on any atom is -0.399 e. The number of carbonyl (C=O) groups is 1. The van der Waals surface area contributed by atoms with E-state index in [2.05, 4.69) is 17.4 Å². The number of nitrogens with two attached hydrogens (primary N) is 1. The van der Waals surface area contributed by atoms with Gasteiger partial charge in [-0.2, -0.15) is 0 Å². The quantitative estimate of drug-likeness (QED) is 0.718. The third kappa shape index (κ3) is 3.20. The smallest absolute Gasteiger partial charge is 0.228 e. The summed E-state index contributed by atoms with van der Waals surface area (Å²) >= 11 is 0. The zero-order valence-corrected chi connectivity index (χ0v) is 11.5. The van der Waals surface area contributed by atoms with Crippen molar-refractivity contribution in [1.29, 1.82) is 0 Å². The monoisotopic (exact) mass is 276 g/mol. The molecule has 0 saturated heterocycles. The van der Waals surface area contributed by atoms with Crippen molar-refractivity contribution in [1.82, 2.24) is 0 Å². The predicted molar refractivity (Wildman–Crippen MR) is 87.1 cm³/mol. The molecule has 0 spiro atoms. The zero-order valence-electron chi connectivity index (χ0n) is 11.5. The molecule has 3 heteroatoms. The summed E-state index contributed by atoms with van der Waals surface area (Å²) in [5.41, 5.74) is 8.05. The van der Waals surface area contributed by atoms with Crippen LogP contribution in [0, 0.1) is 0 Å². The van der Waals surface area contributed by atoms with Gasteiger partial charge in [0.2, 0.25) is 5.91 Å². The molecule has 0 heterocycles. The van der Waals surface area contributed by atoms with Crippen LogP contribution in [0.2, 0.25) is 0 Å². The second-order valence-electron chi connectivity index (χ2n) is 5.03. The Bertz CT molecular complexity index is 796. The molecule has 3 nitrogen and oxygen atoms in total. The predicted octanol–water partition coefficient (Wildman–Crippen LogP) is 3.60. The first-order valence-electron chi connectivity index (χ1n) is 6.84. The summed E-state index contributed by atoms with van der Waals surface area (Å²) in [5, 5.41) is 5.18. The highest BCUT2D eigenvalue weighted by Gasteiger charge is 2.05. The van der Waals surface area contributed by atoms with Crippen molar-refractivity contribution in [2.24, 2.45) is 0 Å². The highest BCUT2D eigenvalue weighted by molar-refractivity contribution is 5.93. The number of nitrogens with one attached hydrogen (secondary N) is 1. The highest BCUT2D eigenvalue weighted by atomic mass is 16.1. The summed E-state index contributed by atoms with van der Waals surface area (Å²) < 4.78 is 0. The lowest BCUT2D eigenvalue weighted by atomic mass is 10.0. The molecule has 0 aliphatic rings. The molecular formula is C18H16N2O. The van der Waals surface area contributed by atoms with Crippen molar-refractivity contribution in [3.05, 3.63) is 72.3 Å². The Balaban J connectivity index is 1.74. The Labute approximate surface area is 123 Å². The maximum atomic E-state index is 12.1. The summed E-state index contributed by atoms with van der Waals surface area (Å²) in [6.07, 6.45) is 0.347. The van der Waals surface area contributed by atoms with Gasteiger partial charge in [-0.05, 0) is 34.5 Å². The molecule has 1 amide bonds. The largest absolute Gasteiger partial charge is 0.399 e. The highest BCUT2D eigenvalue weighted by Crippen LogP contribution is 2.17. The second kappa shape index (κ2) is 5.67. The summed E-state index contributed by atoms with van der Waals surface area (Å²) in [5.74, 6) is -0.0455. The van der Waals surface area contributed by atoms with Gasteiger partial charge in [-0.3, -0.25) is 4.79 Å². The Hall–Kier alpha value is -2.81. The molecule has 0 unspecified atom stereocenters. The Morgan fingerprint density at radius 3 is 2.52 bits per heavy atom. The molecule has 21 heavy (non-hydrogen) atoms. The lowest BCUT2D eigenvalue weighted by molar-refractivity contribution is -0.115. The van der Waals surface area contributed by atoms with E-state index in [9.17, 15) is 4.79 Å². The minimum absolute atomic E-state index is 0.0455. The number of hydrogen-bond donors (Lipinski definition) is 2. The van der Waals surface area contributed by atoms with Crippen molar-refractivity contribution < 1.29 is 4.79 Å². The van der Waals surface area contributed by atoms with Gasteiger partial charge in [-0.1, -0.05) is 48.5 Å². The molecule has 0 atom stereocenters. The van der Waals surface area contributed by atoms with Gasteiger partial charge in [-0.25, -0.2) is 0 Å². The molecular weight excluding hydrogens is 260 g/mol. The van der Waals surface area contributed by atoms with Gasteiger partial charge in [0, 0.05) is 11.4 Å². The number of fused-ring (bicyclic) bond motifs is 1. The van der Waals surface area contributed by atoms with E-state index in [1.807, 2.05) is 42.5 Å². The minimum atomic E-state index is -0.0455. The van der Waals surface area contributed by atoms with Crippen LogP contribution in [0.5, 0.6) is 0 Å².